The van der Waals surface area contributed by atoms with Crippen molar-refractivity contribution in [2.24, 2.45) is 0 Å². The SMILES string of the molecule is CCCNC(c1ccsc1C)C1CCCCS1. The Bertz CT molecular complexity index is 329. The van der Waals surface area contributed by atoms with E-state index in [-0.39, 0.29) is 0 Å². The third kappa shape index (κ3) is 3.49. The summed E-state index contributed by atoms with van der Waals surface area (Å²) in [7, 11) is 0. The standard InChI is InChI=1S/C14H23NS2/c1-3-8-15-14(12-7-10-16-11(12)2)13-6-4-5-9-17-13/h7,10,13-15H,3-6,8-9H2,1-2H3. The van der Waals surface area contributed by atoms with Crippen LogP contribution in [0.25, 0.3) is 0 Å². The highest BCUT2D eigenvalue weighted by atomic mass is 32.2. The topological polar surface area (TPSA) is 12.0 Å². The van der Waals surface area contributed by atoms with Crippen LogP contribution in [0, 0.1) is 6.92 Å². The van der Waals surface area contributed by atoms with Crippen molar-refractivity contribution in [2.45, 2.75) is 50.8 Å². The van der Waals surface area contributed by atoms with Crippen LogP contribution >= 0.6 is 23.1 Å². The number of thiophene rings is 1. The van der Waals surface area contributed by atoms with Gasteiger partial charge in [-0.1, -0.05) is 13.3 Å². The minimum atomic E-state index is 0.575. The zero-order valence-electron chi connectivity index (χ0n) is 10.9. The first-order chi connectivity index (χ1) is 8.33. The van der Waals surface area contributed by atoms with Gasteiger partial charge in [0.2, 0.25) is 0 Å². The summed E-state index contributed by atoms with van der Waals surface area (Å²) in [5, 5.41) is 6.78. The molecule has 2 heterocycles. The molecule has 1 aromatic rings. The molecular weight excluding hydrogens is 246 g/mol. The number of hydrogen-bond donors (Lipinski definition) is 1. The van der Waals surface area contributed by atoms with E-state index in [1.54, 1.807) is 5.56 Å². The Morgan fingerprint density at radius 2 is 2.35 bits per heavy atom. The molecule has 1 nitrogen and oxygen atoms in total. The Morgan fingerprint density at radius 1 is 1.47 bits per heavy atom. The molecule has 1 aliphatic rings. The highest BCUT2D eigenvalue weighted by Gasteiger charge is 2.26. The molecule has 0 saturated carbocycles. The average molecular weight is 269 g/mol. The van der Waals surface area contributed by atoms with E-state index in [1.807, 2.05) is 11.3 Å². The van der Waals surface area contributed by atoms with Crippen molar-refractivity contribution < 1.29 is 0 Å². The van der Waals surface area contributed by atoms with Crippen LogP contribution in [0.3, 0.4) is 0 Å². The van der Waals surface area contributed by atoms with Crippen LogP contribution < -0.4 is 5.32 Å². The van der Waals surface area contributed by atoms with Crippen LogP contribution in [0.2, 0.25) is 0 Å². The van der Waals surface area contributed by atoms with E-state index in [0.717, 1.165) is 11.8 Å². The number of hydrogen-bond acceptors (Lipinski definition) is 3. The molecule has 0 spiro atoms. The summed E-state index contributed by atoms with van der Waals surface area (Å²) in [6, 6.07) is 2.90. The molecule has 2 unspecified atom stereocenters. The molecule has 0 radical (unpaired) electrons. The van der Waals surface area contributed by atoms with Gasteiger partial charge in [-0.25, -0.2) is 0 Å². The van der Waals surface area contributed by atoms with Crippen molar-refractivity contribution in [3.05, 3.63) is 21.9 Å². The normalized spacial score (nSPS) is 22.6. The smallest absolute Gasteiger partial charge is 0.0451 e. The molecule has 96 valence electrons. The van der Waals surface area contributed by atoms with Crippen molar-refractivity contribution in [3.8, 4) is 0 Å². The molecule has 3 heteroatoms. The van der Waals surface area contributed by atoms with Crippen LogP contribution in [0.4, 0.5) is 0 Å². The van der Waals surface area contributed by atoms with Gasteiger partial charge in [-0.2, -0.15) is 11.8 Å². The molecule has 0 aromatic carbocycles. The van der Waals surface area contributed by atoms with Gasteiger partial charge in [0.25, 0.3) is 0 Å². The number of nitrogens with one attached hydrogen (secondary N) is 1. The van der Waals surface area contributed by atoms with Crippen LogP contribution in [-0.2, 0) is 0 Å². The molecule has 1 aromatic heterocycles. The second-order valence-corrected chi connectivity index (χ2v) is 7.24. The van der Waals surface area contributed by atoms with E-state index >= 15 is 0 Å². The lowest BCUT2D eigenvalue weighted by molar-refractivity contribution is 0.479. The minimum absolute atomic E-state index is 0.575. The van der Waals surface area contributed by atoms with Crippen molar-refractivity contribution >= 4 is 23.1 Å². The molecule has 0 aliphatic carbocycles. The molecular formula is C14H23NS2. The first-order valence-corrected chi connectivity index (χ1v) is 8.64. The highest BCUT2D eigenvalue weighted by Crippen LogP contribution is 2.37. The zero-order valence-corrected chi connectivity index (χ0v) is 12.5. The predicted molar refractivity (Wildman–Crippen MR) is 80.2 cm³/mol. The third-order valence-electron chi connectivity index (χ3n) is 3.43. The van der Waals surface area contributed by atoms with Gasteiger partial charge in [0.1, 0.15) is 0 Å². The van der Waals surface area contributed by atoms with Crippen LogP contribution in [-0.4, -0.2) is 17.5 Å². The Hall–Kier alpha value is 0.01000. The van der Waals surface area contributed by atoms with E-state index in [4.69, 9.17) is 0 Å². The Balaban J connectivity index is 2.09. The highest BCUT2D eigenvalue weighted by molar-refractivity contribution is 8.00. The second-order valence-electron chi connectivity index (χ2n) is 4.77. The Labute approximate surface area is 113 Å². The summed E-state index contributed by atoms with van der Waals surface area (Å²) in [5.41, 5.74) is 1.54. The lowest BCUT2D eigenvalue weighted by Crippen LogP contribution is -2.32. The summed E-state index contributed by atoms with van der Waals surface area (Å²) >= 11 is 4.05. The number of aryl methyl sites for hydroxylation is 1. The van der Waals surface area contributed by atoms with Crippen LogP contribution in [0.1, 0.15) is 49.1 Å². The molecule has 17 heavy (non-hydrogen) atoms. The lowest BCUT2D eigenvalue weighted by Gasteiger charge is -2.31. The maximum absolute atomic E-state index is 3.77. The maximum Gasteiger partial charge on any atom is 0.0451 e. The summed E-state index contributed by atoms with van der Waals surface area (Å²) in [4.78, 5) is 1.49. The van der Waals surface area contributed by atoms with Crippen molar-refractivity contribution in [1.29, 1.82) is 0 Å². The van der Waals surface area contributed by atoms with Crippen molar-refractivity contribution in [1.82, 2.24) is 5.32 Å². The molecule has 0 amide bonds. The molecule has 1 fully saturated rings. The van der Waals surface area contributed by atoms with Gasteiger partial charge in [-0.15, -0.1) is 11.3 Å². The number of thioether (sulfide) groups is 1. The van der Waals surface area contributed by atoms with E-state index in [1.165, 1.54) is 36.3 Å². The predicted octanol–water partition coefficient (Wildman–Crippen LogP) is 4.38. The largest absolute Gasteiger partial charge is 0.309 e. The first kappa shape index (κ1) is 13.4. The minimum Gasteiger partial charge on any atom is -0.309 e. The van der Waals surface area contributed by atoms with Gasteiger partial charge < -0.3 is 5.32 Å². The molecule has 2 atom stereocenters. The monoisotopic (exact) mass is 269 g/mol. The second kappa shape index (κ2) is 6.81. The van der Waals surface area contributed by atoms with Crippen LogP contribution in [0.5, 0.6) is 0 Å². The fourth-order valence-electron chi connectivity index (χ4n) is 2.49. The lowest BCUT2D eigenvalue weighted by atomic mass is 10.00. The maximum atomic E-state index is 3.77. The van der Waals surface area contributed by atoms with Gasteiger partial charge in [-0.05, 0) is 55.5 Å². The molecule has 1 saturated heterocycles. The molecule has 2 rings (SSSR count). The molecule has 0 bridgehead atoms. The van der Waals surface area contributed by atoms with Gasteiger partial charge >= 0.3 is 0 Å². The van der Waals surface area contributed by atoms with E-state index in [2.05, 4.69) is 42.4 Å². The van der Waals surface area contributed by atoms with Crippen LogP contribution in [0.15, 0.2) is 11.4 Å². The summed E-state index contributed by atoms with van der Waals surface area (Å²) in [5.74, 6) is 1.35. The van der Waals surface area contributed by atoms with E-state index in [9.17, 15) is 0 Å². The Morgan fingerprint density at radius 3 is 2.94 bits per heavy atom. The number of rotatable bonds is 5. The Kier molecular flexibility index (Phi) is 5.39. The fraction of sp³-hybridized carbons (Fsp3) is 0.714. The van der Waals surface area contributed by atoms with Gasteiger partial charge in [0, 0.05) is 16.2 Å². The van der Waals surface area contributed by atoms with Crippen molar-refractivity contribution in [2.75, 3.05) is 12.3 Å². The van der Waals surface area contributed by atoms with Gasteiger partial charge in [0.05, 0.1) is 0 Å². The fourth-order valence-corrected chi connectivity index (χ4v) is 4.68. The quantitative estimate of drug-likeness (QED) is 0.851. The van der Waals surface area contributed by atoms with Gasteiger partial charge in [-0.3, -0.25) is 0 Å². The summed E-state index contributed by atoms with van der Waals surface area (Å²) < 4.78 is 0. The molecule has 1 aliphatic heterocycles. The first-order valence-electron chi connectivity index (χ1n) is 6.72. The van der Waals surface area contributed by atoms with E-state index in [0.29, 0.717) is 6.04 Å². The molecule has 1 N–H and O–H groups in total. The van der Waals surface area contributed by atoms with E-state index < -0.39 is 0 Å². The van der Waals surface area contributed by atoms with Gasteiger partial charge in [0.15, 0.2) is 0 Å². The van der Waals surface area contributed by atoms with Crippen molar-refractivity contribution in [3.63, 3.8) is 0 Å². The average Bonchev–Trinajstić information content (AvgIpc) is 2.78. The summed E-state index contributed by atoms with van der Waals surface area (Å²) in [6.45, 7) is 5.64. The summed E-state index contributed by atoms with van der Waals surface area (Å²) in [6.07, 6.45) is 5.41. The zero-order chi connectivity index (χ0) is 12.1. The third-order valence-corrected chi connectivity index (χ3v) is 5.76.